The molecule has 1 aromatic heterocycles. The summed E-state index contributed by atoms with van der Waals surface area (Å²) in [5.41, 5.74) is 0. The zero-order valence-corrected chi connectivity index (χ0v) is 13.8. The summed E-state index contributed by atoms with van der Waals surface area (Å²) in [7, 11) is 0. The van der Waals surface area contributed by atoms with Crippen LogP contribution in [0.4, 0.5) is 0 Å². The van der Waals surface area contributed by atoms with Crippen molar-refractivity contribution in [2.75, 3.05) is 0 Å². The number of furan rings is 1. The number of aliphatic hydroxyl groups excluding tert-OH is 1. The van der Waals surface area contributed by atoms with Gasteiger partial charge in [-0.15, -0.1) is 17.0 Å². The van der Waals surface area contributed by atoms with E-state index in [1.807, 2.05) is 0 Å². The van der Waals surface area contributed by atoms with E-state index in [0.29, 0.717) is 0 Å². The Morgan fingerprint density at radius 3 is 2.28 bits per heavy atom. The summed E-state index contributed by atoms with van der Waals surface area (Å²) in [5.74, 6) is -5.71. The lowest BCUT2D eigenvalue weighted by Gasteiger charge is -2.16. The van der Waals surface area contributed by atoms with Crippen LogP contribution in [0.5, 0.6) is 5.95 Å². The van der Waals surface area contributed by atoms with Crippen molar-refractivity contribution >= 4 is 41.9 Å². The van der Waals surface area contributed by atoms with Crippen LogP contribution in [0.25, 0.3) is 0 Å². The van der Waals surface area contributed by atoms with Gasteiger partial charge in [-0.25, -0.2) is 9.59 Å². The Morgan fingerprint density at radius 2 is 1.88 bits per heavy atom. The van der Waals surface area contributed by atoms with Gasteiger partial charge >= 0.3 is 18.4 Å². The number of carboxylic acid groups (broad SMARTS) is 2. The highest BCUT2D eigenvalue weighted by molar-refractivity contribution is 8.93. The van der Waals surface area contributed by atoms with Gasteiger partial charge in [0.15, 0.2) is 0 Å². The fraction of sp³-hybridized carbons (Fsp3) is 0.333. The maximum Gasteiger partial charge on any atom is 0.371 e. The summed E-state index contributed by atoms with van der Waals surface area (Å²) < 4.78 is 17.4. The van der Waals surface area contributed by atoms with Gasteiger partial charge in [-0.3, -0.25) is 14.3 Å². The molecule has 0 spiro atoms. The molecular weight excluding hydrogens is 416 g/mol. The summed E-state index contributed by atoms with van der Waals surface area (Å²) in [6.45, 7) is 0.159. The summed E-state index contributed by atoms with van der Waals surface area (Å²) in [6.07, 6.45) is -3.31. The van der Waals surface area contributed by atoms with E-state index in [1.54, 1.807) is 0 Å². The van der Waals surface area contributed by atoms with Gasteiger partial charge < -0.3 is 34.3 Å². The predicted molar refractivity (Wildman–Crippen MR) is 77.9 cm³/mol. The van der Waals surface area contributed by atoms with E-state index < -0.39 is 36.5 Å². The van der Waals surface area contributed by atoms with Gasteiger partial charge in [0.05, 0.1) is 0 Å². The van der Waals surface area contributed by atoms with E-state index in [9.17, 15) is 19.2 Å². The van der Waals surface area contributed by atoms with Gasteiger partial charge in [0, 0.05) is 12.5 Å². The third kappa shape index (κ3) is 6.15. The molecule has 2 heterocycles. The number of carbonyl (C=O) groups excluding carboxylic acids is 2. The second-order valence-electron chi connectivity index (χ2n) is 4.22. The predicted octanol–water partition coefficient (Wildman–Crippen LogP) is -0.869. The number of aromatic carboxylic acids is 1. The maximum absolute atomic E-state index is 10.4. The van der Waals surface area contributed by atoms with Crippen molar-refractivity contribution in [3.63, 3.8) is 0 Å². The first-order valence-corrected chi connectivity index (χ1v) is 6.07. The van der Waals surface area contributed by atoms with Gasteiger partial charge in [0.2, 0.25) is 12.1 Å². The van der Waals surface area contributed by atoms with Crippen LogP contribution < -0.4 is 4.74 Å². The fourth-order valence-corrected chi connectivity index (χ4v) is 1.56. The molecule has 1 fully saturated rings. The number of rotatable bonds is 6. The minimum atomic E-state index is -2.48. The average Bonchev–Trinajstić information content (AvgIpc) is 3.07. The van der Waals surface area contributed by atoms with Crippen molar-refractivity contribution in [1.29, 1.82) is 0 Å². The zero-order valence-electron chi connectivity index (χ0n) is 12.1. The third-order valence-corrected chi connectivity index (χ3v) is 2.59. The number of hydrogen-bond acceptors (Lipinski definition) is 10. The molecule has 0 bridgehead atoms. The molecule has 0 aromatic carbocycles. The average molecular weight is 429 g/mol. The van der Waals surface area contributed by atoms with E-state index >= 15 is 0 Å². The molecule has 3 atom stereocenters. The van der Waals surface area contributed by atoms with Crippen LogP contribution in [0.2, 0.25) is 0 Å². The molecule has 0 saturated carbocycles. The summed E-state index contributed by atoms with van der Waals surface area (Å²) >= 11 is 0. The van der Waals surface area contributed by atoms with Crippen LogP contribution in [-0.4, -0.2) is 63.5 Å². The summed E-state index contributed by atoms with van der Waals surface area (Å²) in [4.78, 5) is 40.1. The maximum atomic E-state index is 10.4. The van der Waals surface area contributed by atoms with E-state index in [1.165, 1.54) is 12.1 Å². The summed E-state index contributed by atoms with van der Waals surface area (Å²) in [6, 6.07) is 2.44. The lowest BCUT2D eigenvalue weighted by atomic mass is 10.1. The van der Waals surface area contributed by atoms with Gasteiger partial charge in [0.25, 0.3) is 18.2 Å². The van der Waals surface area contributed by atoms with E-state index in [0.717, 1.165) is 0 Å². The molecule has 0 radical (unpaired) electrons. The second kappa shape index (κ2) is 9.73. The lowest BCUT2D eigenvalue weighted by Crippen LogP contribution is -2.38. The molecule has 12 nitrogen and oxygen atoms in total. The topological polar surface area (TPSA) is 190 Å². The quantitative estimate of drug-likeness (QED) is 0.410. The van der Waals surface area contributed by atoms with E-state index in [-0.39, 0.29) is 41.6 Å². The minimum Gasteiger partial charge on any atom is -0.477 e. The smallest absolute Gasteiger partial charge is 0.371 e. The number of ether oxygens (including phenoxy) is 3. The molecular formula is C12H13BrO12. The Balaban J connectivity index is 0.000000449. The van der Waals surface area contributed by atoms with Crippen molar-refractivity contribution in [1.82, 2.24) is 0 Å². The SMILES string of the molecule is Br.O=COC1OC(O)(C(=O)O)CC1O.O=COc1ccc(C(=O)O)o1. The van der Waals surface area contributed by atoms with Gasteiger partial charge in [0.1, 0.15) is 6.10 Å². The molecule has 0 aliphatic carbocycles. The Morgan fingerprint density at radius 1 is 1.24 bits per heavy atom. The standard InChI is InChI=1S/C6H8O7.C6H4O5.BrH/c7-2-12-4-3(8)1-6(11,13-4)5(9)10;7-3-10-5-2-1-4(11-5)6(8)9;/h2-4,8,11H,1H2,(H,9,10);1-3H,(H,8,9);1H. The minimum absolute atomic E-state index is 0. The first kappa shape index (κ1) is 22.5. The van der Waals surface area contributed by atoms with Crippen molar-refractivity contribution in [2.45, 2.75) is 24.6 Å². The van der Waals surface area contributed by atoms with Crippen molar-refractivity contribution in [3.05, 3.63) is 17.9 Å². The Labute approximate surface area is 149 Å². The molecule has 1 aliphatic rings. The first-order chi connectivity index (χ1) is 11.2. The second-order valence-corrected chi connectivity index (χ2v) is 4.22. The zero-order chi connectivity index (χ0) is 18.3. The van der Waals surface area contributed by atoms with Crippen molar-refractivity contribution in [2.24, 2.45) is 0 Å². The molecule has 140 valence electrons. The largest absolute Gasteiger partial charge is 0.477 e. The van der Waals surface area contributed by atoms with Crippen LogP contribution >= 0.6 is 17.0 Å². The molecule has 25 heavy (non-hydrogen) atoms. The Bertz CT molecular complexity index is 613. The lowest BCUT2D eigenvalue weighted by molar-refractivity contribution is -0.249. The van der Waals surface area contributed by atoms with Crippen LogP contribution in [0, 0.1) is 0 Å². The van der Waals surface area contributed by atoms with Crippen molar-refractivity contribution < 1.29 is 58.2 Å². The molecule has 2 rings (SSSR count). The third-order valence-electron chi connectivity index (χ3n) is 2.59. The first-order valence-electron chi connectivity index (χ1n) is 6.07. The molecule has 13 heteroatoms. The van der Waals surface area contributed by atoms with E-state index in [2.05, 4.69) is 18.6 Å². The van der Waals surface area contributed by atoms with Gasteiger partial charge in [-0.05, 0) is 6.07 Å². The molecule has 3 unspecified atom stereocenters. The van der Waals surface area contributed by atoms with Gasteiger partial charge in [-0.2, -0.15) is 0 Å². The van der Waals surface area contributed by atoms with Crippen LogP contribution in [-0.2, 0) is 23.9 Å². The molecule has 1 aromatic rings. The molecule has 1 aliphatic heterocycles. The molecule has 4 N–H and O–H groups in total. The number of aliphatic hydroxyl groups is 2. The monoisotopic (exact) mass is 428 g/mol. The van der Waals surface area contributed by atoms with Gasteiger partial charge in [-0.1, -0.05) is 0 Å². The highest BCUT2D eigenvalue weighted by Gasteiger charge is 2.51. The normalized spacial score (nSPS) is 24.1. The highest BCUT2D eigenvalue weighted by atomic mass is 79.9. The summed E-state index contributed by atoms with van der Waals surface area (Å²) in [5, 5.41) is 35.0. The van der Waals surface area contributed by atoms with E-state index in [4.69, 9.17) is 20.4 Å². The Kier molecular flexibility index (Phi) is 8.76. The number of aliphatic carboxylic acids is 1. The highest BCUT2D eigenvalue weighted by Crippen LogP contribution is 2.28. The fourth-order valence-electron chi connectivity index (χ4n) is 1.56. The van der Waals surface area contributed by atoms with Crippen LogP contribution in [0.15, 0.2) is 16.5 Å². The van der Waals surface area contributed by atoms with Crippen LogP contribution in [0.1, 0.15) is 17.0 Å². The number of carbonyl (C=O) groups is 4. The van der Waals surface area contributed by atoms with Crippen molar-refractivity contribution in [3.8, 4) is 5.95 Å². The molecule has 1 saturated heterocycles. The Hall–Kier alpha value is -2.48. The number of carboxylic acids is 2. The number of hydrogen-bond donors (Lipinski definition) is 4. The molecule has 0 amide bonds. The number of halogens is 1. The van der Waals surface area contributed by atoms with Crippen LogP contribution in [0.3, 0.4) is 0 Å².